The third-order valence-corrected chi connectivity index (χ3v) is 3.02. The molecule has 0 aromatic heterocycles. The van der Waals surface area contributed by atoms with Crippen molar-refractivity contribution < 1.29 is 28.8 Å². The van der Waals surface area contributed by atoms with Crippen LogP contribution >= 0.6 is 0 Å². The average molecular weight is 299 g/mol. The highest BCUT2D eigenvalue weighted by atomic mass is 16.5. The Labute approximate surface area is 123 Å². The van der Waals surface area contributed by atoms with E-state index in [1.807, 2.05) is 0 Å². The molecule has 0 aliphatic heterocycles. The molecule has 1 aromatic rings. The van der Waals surface area contributed by atoms with Gasteiger partial charge in [-0.05, 0) is 6.92 Å². The van der Waals surface area contributed by atoms with E-state index in [0.29, 0.717) is 23.0 Å². The molecule has 0 fully saturated rings. The summed E-state index contributed by atoms with van der Waals surface area (Å²) in [6.07, 6.45) is 0.166. The van der Waals surface area contributed by atoms with Crippen molar-refractivity contribution in [2.45, 2.75) is 18.9 Å². The molecule has 118 valence electrons. The maximum Gasteiger partial charge on any atom is 0.323 e. The third kappa shape index (κ3) is 4.16. The van der Waals surface area contributed by atoms with Crippen LogP contribution in [0.5, 0.6) is 23.0 Å². The van der Waals surface area contributed by atoms with Crippen LogP contribution in [0.2, 0.25) is 0 Å². The molecule has 0 bridgehead atoms. The van der Waals surface area contributed by atoms with E-state index in [9.17, 15) is 4.79 Å². The number of carboxylic acids is 1. The van der Waals surface area contributed by atoms with Gasteiger partial charge in [0.25, 0.3) is 0 Å². The largest absolute Gasteiger partial charge is 0.493 e. The predicted octanol–water partition coefficient (Wildman–Crippen LogP) is 1.28. The molecule has 0 saturated heterocycles. The van der Waals surface area contributed by atoms with Crippen LogP contribution in [0.15, 0.2) is 12.1 Å². The van der Waals surface area contributed by atoms with E-state index >= 15 is 0 Å². The molecule has 0 aliphatic carbocycles. The molecule has 0 saturated carbocycles. The SMILES string of the molecule is COc1cc(OCCC(C)(N)C(=O)O)cc(OC)c1OC. The second kappa shape index (κ2) is 7.03. The maximum absolute atomic E-state index is 10.9. The van der Waals surface area contributed by atoms with Gasteiger partial charge < -0.3 is 29.8 Å². The molecule has 0 amide bonds. The summed E-state index contributed by atoms with van der Waals surface area (Å²) in [6.45, 7) is 1.59. The molecule has 1 unspecified atom stereocenters. The fraction of sp³-hybridized carbons (Fsp3) is 0.500. The molecule has 7 heteroatoms. The molecule has 3 N–H and O–H groups in total. The predicted molar refractivity (Wildman–Crippen MR) is 76.4 cm³/mol. The van der Waals surface area contributed by atoms with Crippen molar-refractivity contribution in [2.75, 3.05) is 27.9 Å². The van der Waals surface area contributed by atoms with Crippen LogP contribution in [-0.4, -0.2) is 44.6 Å². The van der Waals surface area contributed by atoms with Crippen LogP contribution in [-0.2, 0) is 4.79 Å². The van der Waals surface area contributed by atoms with Gasteiger partial charge in [0.1, 0.15) is 11.3 Å². The van der Waals surface area contributed by atoms with E-state index in [1.54, 1.807) is 12.1 Å². The lowest BCUT2D eigenvalue weighted by Gasteiger charge is -2.19. The third-order valence-electron chi connectivity index (χ3n) is 3.02. The van der Waals surface area contributed by atoms with Crippen molar-refractivity contribution in [3.05, 3.63) is 12.1 Å². The summed E-state index contributed by atoms with van der Waals surface area (Å²) in [5, 5.41) is 8.93. The summed E-state index contributed by atoms with van der Waals surface area (Å²) < 4.78 is 21.1. The van der Waals surface area contributed by atoms with E-state index in [0.717, 1.165) is 0 Å². The van der Waals surface area contributed by atoms with Crippen molar-refractivity contribution >= 4 is 5.97 Å². The highest BCUT2D eigenvalue weighted by Gasteiger charge is 2.27. The first-order chi connectivity index (χ1) is 9.85. The minimum absolute atomic E-state index is 0.151. The molecule has 0 aliphatic rings. The quantitative estimate of drug-likeness (QED) is 0.745. The van der Waals surface area contributed by atoms with Gasteiger partial charge in [-0.2, -0.15) is 0 Å². The number of hydrogen-bond acceptors (Lipinski definition) is 6. The molecule has 1 rings (SSSR count). The van der Waals surface area contributed by atoms with Gasteiger partial charge in [0.2, 0.25) is 5.75 Å². The molecule has 0 heterocycles. The fourth-order valence-corrected chi connectivity index (χ4v) is 1.63. The Hall–Kier alpha value is -2.15. The Kier molecular flexibility index (Phi) is 5.66. The lowest BCUT2D eigenvalue weighted by Crippen LogP contribution is -2.45. The van der Waals surface area contributed by atoms with Crippen molar-refractivity contribution in [2.24, 2.45) is 5.73 Å². The summed E-state index contributed by atoms with van der Waals surface area (Å²) in [5.41, 5.74) is 4.30. The lowest BCUT2D eigenvalue weighted by atomic mass is 10.0. The van der Waals surface area contributed by atoms with Gasteiger partial charge in [0, 0.05) is 18.6 Å². The number of carbonyl (C=O) groups is 1. The smallest absolute Gasteiger partial charge is 0.323 e. The summed E-state index contributed by atoms with van der Waals surface area (Å²) in [6, 6.07) is 3.27. The van der Waals surface area contributed by atoms with Crippen molar-refractivity contribution in [3.63, 3.8) is 0 Å². The van der Waals surface area contributed by atoms with E-state index in [-0.39, 0.29) is 13.0 Å². The van der Waals surface area contributed by atoms with Crippen LogP contribution in [0, 0.1) is 0 Å². The number of aliphatic carboxylic acids is 1. The Morgan fingerprint density at radius 3 is 2.10 bits per heavy atom. The first kappa shape index (κ1) is 16.9. The Balaban J connectivity index is 2.83. The first-order valence-corrected chi connectivity index (χ1v) is 6.30. The van der Waals surface area contributed by atoms with E-state index < -0.39 is 11.5 Å². The zero-order valence-corrected chi connectivity index (χ0v) is 12.6. The molecule has 7 nitrogen and oxygen atoms in total. The van der Waals surface area contributed by atoms with Crippen LogP contribution in [0.4, 0.5) is 0 Å². The molecule has 0 radical (unpaired) electrons. The zero-order valence-electron chi connectivity index (χ0n) is 12.6. The summed E-state index contributed by atoms with van der Waals surface area (Å²) in [5.74, 6) is 0.782. The van der Waals surface area contributed by atoms with Crippen LogP contribution in [0.3, 0.4) is 0 Å². The molecule has 1 aromatic carbocycles. The molecule has 0 spiro atoms. The van der Waals surface area contributed by atoms with Crippen LogP contribution < -0.4 is 24.7 Å². The van der Waals surface area contributed by atoms with E-state index in [4.69, 9.17) is 29.8 Å². The standard InChI is InChI=1S/C14H21NO6/c1-14(15,13(16)17)5-6-21-9-7-10(18-2)12(20-4)11(8-9)19-3/h7-8H,5-6,15H2,1-4H3,(H,16,17). The van der Waals surface area contributed by atoms with Gasteiger partial charge in [0.15, 0.2) is 11.5 Å². The monoisotopic (exact) mass is 299 g/mol. The van der Waals surface area contributed by atoms with Gasteiger partial charge >= 0.3 is 5.97 Å². The average Bonchev–Trinajstić information content (AvgIpc) is 2.45. The maximum atomic E-state index is 10.9. The van der Waals surface area contributed by atoms with Crippen molar-refractivity contribution in [1.29, 1.82) is 0 Å². The summed E-state index contributed by atoms with van der Waals surface area (Å²) in [4.78, 5) is 10.9. The topological polar surface area (TPSA) is 100 Å². The number of nitrogens with two attached hydrogens (primary N) is 1. The molecular formula is C14H21NO6. The van der Waals surface area contributed by atoms with E-state index in [1.165, 1.54) is 28.3 Å². The van der Waals surface area contributed by atoms with Gasteiger partial charge in [-0.3, -0.25) is 4.79 Å². The minimum atomic E-state index is -1.33. The lowest BCUT2D eigenvalue weighted by molar-refractivity contribution is -0.143. The number of carboxylic acid groups (broad SMARTS) is 1. The number of benzene rings is 1. The molecular weight excluding hydrogens is 278 g/mol. The van der Waals surface area contributed by atoms with Gasteiger partial charge in [-0.15, -0.1) is 0 Å². The fourth-order valence-electron chi connectivity index (χ4n) is 1.63. The highest BCUT2D eigenvalue weighted by molar-refractivity contribution is 5.77. The number of rotatable bonds is 8. The Morgan fingerprint density at radius 1 is 1.19 bits per heavy atom. The molecule has 21 heavy (non-hydrogen) atoms. The van der Waals surface area contributed by atoms with Crippen molar-refractivity contribution in [3.8, 4) is 23.0 Å². The van der Waals surface area contributed by atoms with Gasteiger partial charge in [-0.1, -0.05) is 0 Å². The van der Waals surface area contributed by atoms with E-state index in [2.05, 4.69) is 0 Å². The van der Waals surface area contributed by atoms with Crippen LogP contribution in [0.25, 0.3) is 0 Å². The van der Waals surface area contributed by atoms with Crippen LogP contribution in [0.1, 0.15) is 13.3 Å². The number of ether oxygens (including phenoxy) is 4. The van der Waals surface area contributed by atoms with Gasteiger partial charge in [-0.25, -0.2) is 0 Å². The summed E-state index contributed by atoms with van der Waals surface area (Å²) >= 11 is 0. The summed E-state index contributed by atoms with van der Waals surface area (Å²) in [7, 11) is 4.51. The number of methoxy groups -OCH3 is 3. The Morgan fingerprint density at radius 2 is 1.71 bits per heavy atom. The minimum Gasteiger partial charge on any atom is -0.493 e. The molecule has 1 atom stereocenters. The highest BCUT2D eigenvalue weighted by Crippen LogP contribution is 2.40. The second-order valence-electron chi connectivity index (χ2n) is 4.68. The zero-order chi connectivity index (χ0) is 16.0. The Bertz CT molecular complexity index is 475. The normalized spacial score (nSPS) is 13.2. The number of hydrogen-bond donors (Lipinski definition) is 2. The second-order valence-corrected chi connectivity index (χ2v) is 4.68. The van der Waals surface area contributed by atoms with Crippen molar-refractivity contribution in [1.82, 2.24) is 0 Å². The van der Waals surface area contributed by atoms with Gasteiger partial charge in [0.05, 0.1) is 27.9 Å². The first-order valence-electron chi connectivity index (χ1n) is 6.30.